The van der Waals surface area contributed by atoms with Gasteiger partial charge >= 0.3 is 5.69 Å². The van der Waals surface area contributed by atoms with Crippen LogP contribution in [0.2, 0.25) is 0 Å². The van der Waals surface area contributed by atoms with Gasteiger partial charge in [0.25, 0.3) is 0 Å². The van der Waals surface area contributed by atoms with Crippen LogP contribution in [-0.2, 0) is 11.3 Å². The monoisotopic (exact) mass is 481 g/mol. The van der Waals surface area contributed by atoms with Crippen molar-refractivity contribution in [3.63, 3.8) is 0 Å². The first-order valence-corrected chi connectivity index (χ1v) is 11.0. The van der Waals surface area contributed by atoms with Gasteiger partial charge in [-0.2, -0.15) is 0 Å². The number of rotatable bonds is 8. The molecule has 4 aromatic rings. The van der Waals surface area contributed by atoms with Gasteiger partial charge in [0.1, 0.15) is 11.6 Å². The van der Waals surface area contributed by atoms with Gasteiger partial charge in [-0.25, -0.2) is 18.9 Å². The Bertz CT molecular complexity index is 1370. The van der Waals surface area contributed by atoms with Gasteiger partial charge in [-0.3, -0.25) is 4.79 Å². The summed E-state index contributed by atoms with van der Waals surface area (Å²) in [5.41, 5.74) is 1.50. The van der Waals surface area contributed by atoms with Crippen molar-refractivity contribution in [2.24, 2.45) is 0 Å². The van der Waals surface area contributed by atoms with Crippen LogP contribution in [0.1, 0.15) is 5.56 Å². The largest absolute Gasteiger partial charge is 0.493 e. The van der Waals surface area contributed by atoms with Crippen molar-refractivity contribution < 1.29 is 19.0 Å². The summed E-state index contributed by atoms with van der Waals surface area (Å²) in [5, 5.41) is 7.66. The van der Waals surface area contributed by atoms with Crippen LogP contribution in [0.25, 0.3) is 5.65 Å². The van der Waals surface area contributed by atoms with E-state index < -0.39 is 11.6 Å². The van der Waals surface area contributed by atoms with Crippen molar-refractivity contribution >= 4 is 29.0 Å². The van der Waals surface area contributed by atoms with Crippen molar-refractivity contribution in [3.05, 3.63) is 64.8 Å². The molecule has 0 radical (unpaired) electrons. The molecule has 4 rings (SSSR count). The van der Waals surface area contributed by atoms with E-state index in [1.807, 2.05) is 31.2 Å². The lowest BCUT2D eigenvalue weighted by atomic mass is 10.2. The summed E-state index contributed by atoms with van der Waals surface area (Å²) < 4.78 is 18.4. The Hall–Kier alpha value is -3.99. The molecule has 2 aromatic heterocycles. The molecule has 0 aliphatic heterocycles. The van der Waals surface area contributed by atoms with Crippen LogP contribution < -0.4 is 25.2 Å². The number of benzene rings is 2. The zero-order chi connectivity index (χ0) is 24.2. The first kappa shape index (κ1) is 23.2. The Kier molecular flexibility index (Phi) is 6.73. The van der Waals surface area contributed by atoms with Gasteiger partial charge in [0.15, 0.2) is 17.1 Å². The number of carbonyl (C=O) groups is 1. The molecule has 10 nitrogen and oxygen atoms in total. The van der Waals surface area contributed by atoms with E-state index >= 15 is 0 Å². The number of amides is 1. The van der Waals surface area contributed by atoms with Gasteiger partial charge in [0.05, 0.1) is 21.3 Å². The molecule has 0 bridgehead atoms. The molecular weight excluding hydrogens is 458 g/mol. The Balaban J connectivity index is 1.58. The molecule has 0 fully saturated rings. The second-order valence-corrected chi connectivity index (χ2v) is 8.31. The average molecular weight is 482 g/mol. The number of ether oxygens (including phenoxy) is 3. The fourth-order valence-corrected chi connectivity index (χ4v) is 4.15. The highest BCUT2D eigenvalue weighted by Crippen LogP contribution is 2.39. The molecule has 0 saturated heterocycles. The quantitative estimate of drug-likeness (QED) is 0.409. The number of anilines is 1. The fraction of sp³-hybridized carbons (Fsp3) is 0.217. The third kappa shape index (κ3) is 4.69. The third-order valence-corrected chi connectivity index (χ3v) is 5.94. The molecule has 0 spiro atoms. The number of aromatic nitrogens is 4. The first-order valence-electron chi connectivity index (χ1n) is 10.2. The second-order valence-electron chi connectivity index (χ2n) is 7.24. The van der Waals surface area contributed by atoms with Gasteiger partial charge in [0, 0.05) is 35.1 Å². The van der Waals surface area contributed by atoms with Crippen LogP contribution in [0.15, 0.2) is 63.5 Å². The second kappa shape index (κ2) is 9.87. The number of fused-ring (bicyclic) bond motifs is 1. The SMILES string of the molecule is COc1cc(NC(=O)Cn2nc3c(Sc4ccc(C)cc4)nccn3c2=O)cc(OC)c1OC. The third-order valence-electron chi connectivity index (χ3n) is 4.95. The minimum atomic E-state index is -0.444. The molecule has 0 saturated carbocycles. The van der Waals surface area contributed by atoms with Crippen LogP contribution >= 0.6 is 11.8 Å². The van der Waals surface area contributed by atoms with Crippen LogP contribution in [0, 0.1) is 6.92 Å². The number of nitrogens with one attached hydrogen (secondary N) is 1. The summed E-state index contributed by atoms with van der Waals surface area (Å²) in [6, 6.07) is 11.2. The van der Waals surface area contributed by atoms with Crippen molar-refractivity contribution in [2.45, 2.75) is 23.4 Å². The van der Waals surface area contributed by atoms with Crippen LogP contribution in [0.4, 0.5) is 5.69 Å². The van der Waals surface area contributed by atoms with E-state index in [2.05, 4.69) is 15.4 Å². The lowest BCUT2D eigenvalue weighted by molar-refractivity contribution is -0.117. The van der Waals surface area contributed by atoms with Crippen molar-refractivity contribution in [2.75, 3.05) is 26.6 Å². The lowest BCUT2D eigenvalue weighted by Gasteiger charge is -2.14. The van der Waals surface area contributed by atoms with Crippen LogP contribution in [-0.4, -0.2) is 46.4 Å². The zero-order valence-electron chi connectivity index (χ0n) is 19.1. The topological polar surface area (TPSA) is 109 Å². The van der Waals surface area contributed by atoms with E-state index in [-0.39, 0.29) is 6.54 Å². The molecule has 1 amide bonds. The normalized spacial score (nSPS) is 10.8. The van der Waals surface area contributed by atoms with Crippen molar-refractivity contribution in [1.29, 1.82) is 0 Å². The predicted molar refractivity (Wildman–Crippen MR) is 127 cm³/mol. The highest BCUT2D eigenvalue weighted by Gasteiger charge is 2.17. The molecule has 0 aliphatic carbocycles. The number of nitrogens with zero attached hydrogens (tertiary/aromatic N) is 4. The van der Waals surface area contributed by atoms with Gasteiger partial charge in [-0.1, -0.05) is 29.5 Å². The zero-order valence-corrected chi connectivity index (χ0v) is 19.9. The lowest BCUT2D eigenvalue weighted by Crippen LogP contribution is -2.28. The molecule has 0 unspecified atom stereocenters. The Morgan fingerprint density at radius 1 is 1.06 bits per heavy atom. The number of aryl methyl sites for hydroxylation is 1. The van der Waals surface area contributed by atoms with Gasteiger partial charge in [0.2, 0.25) is 11.7 Å². The molecule has 176 valence electrons. The fourth-order valence-electron chi connectivity index (χ4n) is 3.31. The molecular formula is C23H23N5O5S. The predicted octanol–water partition coefficient (Wildman–Crippen LogP) is 3.02. The number of carbonyl (C=O) groups excluding carboxylic acids is 1. The number of methoxy groups -OCH3 is 3. The molecule has 11 heteroatoms. The maximum absolute atomic E-state index is 12.8. The van der Waals surface area contributed by atoms with Crippen molar-refractivity contribution in [1.82, 2.24) is 19.2 Å². The van der Waals surface area contributed by atoms with E-state index in [0.29, 0.717) is 33.6 Å². The van der Waals surface area contributed by atoms with Gasteiger partial charge < -0.3 is 19.5 Å². The Morgan fingerprint density at radius 3 is 2.35 bits per heavy atom. The van der Waals surface area contributed by atoms with E-state index in [9.17, 15) is 9.59 Å². The Labute approximate surface area is 199 Å². The van der Waals surface area contributed by atoms with Crippen LogP contribution in [0.5, 0.6) is 17.2 Å². The smallest absolute Gasteiger partial charge is 0.350 e. The first-order chi connectivity index (χ1) is 16.4. The summed E-state index contributed by atoms with van der Waals surface area (Å²) in [5.74, 6) is 0.753. The summed E-state index contributed by atoms with van der Waals surface area (Å²) in [6.45, 7) is 1.73. The van der Waals surface area contributed by atoms with Gasteiger partial charge in [-0.05, 0) is 19.1 Å². The summed E-state index contributed by atoms with van der Waals surface area (Å²) >= 11 is 1.39. The number of hydrogen-bond acceptors (Lipinski definition) is 8. The Morgan fingerprint density at radius 2 is 1.74 bits per heavy atom. The van der Waals surface area contributed by atoms with Crippen molar-refractivity contribution in [3.8, 4) is 17.2 Å². The molecule has 2 aromatic carbocycles. The van der Waals surface area contributed by atoms with E-state index in [1.165, 1.54) is 49.9 Å². The average Bonchev–Trinajstić information content (AvgIpc) is 3.15. The standard InChI is InChI=1S/C23H23N5O5S/c1-14-5-7-16(8-6-14)34-22-21-26-28(23(30)27(21)10-9-24-22)13-19(29)25-15-11-17(31-2)20(33-4)18(12-15)32-3/h5-12H,13H2,1-4H3,(H,25,29). The van der Waals surface area contributed by atoms with E-state index in [4.69, 9.17) is 14.2 Å². The molecule has 34 heavy (non-hydrogen) atoms. The maximum Gasteiger partial charge on any atom is 0.350 e. The number of hydrogen-bond donors (Lipinski definition) is 1. The molecule has 1 N–H and O–H groups in total. The molecule has 2 heterocycles. The van der Waals surface area contributed by atoms with Gasteiger partial charge in [-0.15, -0.1) is 5.10 Å². The maximum atomic E-state index is 12.8. The van der Waals surface area contributed by atoms with E-state index in [1.54, 1.807) is 12.1 Å². The summed E-state index contributed by atoms with van der Waals surface area (Å²) in [4.78, 5) is 30.9. The minimum Gasteiger partial charge on any atom is -0.493 e. The highest BCUT2D eigenvalue weighted by atomic mass is 32.2. The summed E-state index contributed by atoms with van der Waals surface area (Å²) in [6.07, 6.45) is 3.06. The minimum absolute atomic E-state index is 0.286. The van der Waals surface area contributed by atoms with Crippen LogP contribution in [0.3, 0.4) is 0 Å². The molecule has 0 aliphatic rings. The summed E-state index contributed by atoms with van der Waals surface area (Å²) in [7, 11) is 4.47. The molecule has 0 atom stereocenters. The van der Waals surface area contributed by atoms with E-state index in [0.717, 1.165) is 15.1 Å². The highest BCUT2D eigenvalue weighted by molar-refractivity contribution is 7.99.